The van der Waals surface area contributed by atoms with Gasteiger partial charge in [-0.3, -0.25) is 4.90 Å². The molecule has 0 N–H and O–H groups in total. The van der Waals surface area contributed by atoms with E-state index in [1.807, 2.05) is 19.3 Å². The van der Waals surface area contributed by atoms with E-state index in [0.29, 0.717) is 6.04 Å². The van der Waals surface area contributed by atoms with E-state index < -0.39 is 0 Å². The molecule has 24 heavy (non-hydrogen) atoms. The van der Waals surface area contributed by atoms with Gasteiger partial charge in [-0.05, 0) is 31.7 Å². The molecule has 2 aromatic heterocycles. The quantitative estimate of drug-likeness (QED) is 0.846. The zero-order chi connectivity index (χ0) is 16.5. The van der Waals surface area contributed by atoms with Crippen LogP contribution in [0.5, 0.6) is 0 Å². The molecule has 4 rings (SSSR count). The molecule has 0 aliphatic carbocycles. The number of fused-ring (bicyclic) bond motifs is 1. The molecule has 0 atom stereocenters. The highest BCUT2D eigenvalue weighted by molar-refractivity contribution is 5.30. The van der Waals surface area contributed by atoms with Crippen LogP contribution in [0.15, 0.2) is 12.4 Å². The first-order valence-electron chi connectivity index (χ1n) is 8.85. The Balaban J connectivity index is 1.34. The third-order valence-electron chi connectivity index (χ3n) is 5.24. The Labute approximate surface area is 142 Å². The van der Waals surface area contributed by atoms with Crippen LogP contribution in [-0.2, 0) is 19.5 Å². The van der Waals surface area contributed by atoms with E-state index in [4.69, 9.17) is 0 Å². The van der Waals surface area contributed by atoms with E-state index in [9.17, 15) is 0 Å². The third kappa shape index (κ3) is 3.00. The summed E-state index contributed by atoms with van der Waals surface area (Å²) in [5.74, 6) is 3.13. The van der Waals surface area contributed by atoms with Gasteiger partial charge in [0, 0.05) is 51.5 Å². The van der Waals surface area contributed by atoms with Crippen LogP contribution in [0.25, 0.3) is 0 Å². The number of rotatable bonds is 4. The van der Waals surface area contributed by atoms with Crippen LogP contribution in [0.3, 0.4) is 0 Å². The maximum absolute atomic E-state index is 4.45. The van der Waals surface area contributed by atoms with E-state index in [1.54, 1.807) is 0 Å². The van der Waals surface area contributed by atoms with Gasteiger partial charge in [-0.25, -0.2) is 9.97 Å². The fraction of sp³-hybridized carbons (Fsp3) is 0.647. The average Bonchev–Trinajstić information content (AvgIpc) is 3.21. The Morgan fingerprint density at radius 2 is 1.88 bits per heavy atom. The minimum atomic E-state index is 0.507. The number of nitrogens with zero attached hydrogens (tertiary/aromatic N) is 7. The van der Waals surface area contributed by atoms with Gasteiger partial charge >= 0.3 is 0 Å². The number of aromatic nitrogens is 5. The van der Waals surface area contributed by atoms with Gasteiger partial charge in [0.05, 0.1) is 6.54 Å². The van der Waals surface area contributed by atoms with E-state index in [1.165, 1.54) is 6.42 Å². The van der Waals surface area contributed by atoms with Crippen molar-refractivity contribution >= 4 is 5.95 Å². The summed E-state index contributed by atoms with van der Waals surface area (Å²) in [6.07, 6.45) is 8.33. The van der Waals surface area contributed by atoms with Crippen molar-refractivity contribution in [2.45, 2.75) is 51.7 Å². The number of aryl methyl sites for hydroxylation is 2. The lowest BCUT2D eigenvalue weighted by molar-refractivity contribution is 0.196. The second kappa shape index (κ2) is 6.47. The molecule has 2 aromatic rings. The van der Waals surface area contributed by atoms with Crippen LogP contribution in [0.2, 0.25) is 0 Å². The lowest BCUT2D eigenvalue weighted by Crippen LogP contribution is -2.44. The minimum absolute atomic E-state index is 0.507. The summed E-state index contributed by atoms with van der Waals surface area (Å²) >= 11 is 0. The number of anilines is 1. The maximum atomic E-state index is 4.45. The van der Waals surface area contributed by atoms with Crippen molar-refractivity contribution in [2.75, 3.05) is 25.0 Å². The Morgan fingerprint density at radius 1 is 1.12 bits per heavy atom. The molecular weight excluding hydrogens is 302 g/mol. The van der Waals surface area contributed by atoms with Gasteiger partial charge in [-0.2, -0.15) is 0 Å². The van der Waals surface area contributed by atoms with Crippen molar-refractivity contribution in [1.82, 2.24) is 29.6 Å². The zero-order valence-electron chi connectivity index (χ0n) is 14.5. The van der Waals surface area contributed by atoms with Gasteiger partial charge in [0.1, 0.15) is 11.6 Å². The van der Waals surface area contributed by atoms with Crippen LogP contribution in [0.4, 0.5) is 5.95 Å². The van der Waals surface area contributed by atoms with Crippen molar-refractivity contribution in [1.29, 1.82) is 0 Å². The first-order chi connectivity index (χ1) is 11.7. The molecule has 0 unspecified atom stereocenters. The fourth-order valence-corrected chi connectivity index (χ4v) is 3.72. The third-order valence-corrected chi connectivity index (χ3v) is 5.24. The molecule has 0 spiro atoms. The molecule has 0 saturated carbocycles. The Morgan fingerprint density at radius 3 is 2.62 bits per heavy atom. The molecule has 1 fully saturated rings. The summed E-state index contributed by atoms with van der Waals surface area (Å²) < 4.78 is 2.30. The molecule has 0 radical (unpaired) electrons. The van der Waals surface area contributed by atoms with Gasteiger partial charge in [0.2, 0.25) is 5.95 Å². The van der Waals surface area contributed by atoms with Crippen LogP contribution >= 0.6 is 0 Å². The summed E-state index contributed by atoms with van der Waals surface area (Å²) in [6, 6.07) is 0.507. The topological polar surface area (TPSA) is 63.0 Å². The summed E-state index contributed by atoms with van der Waals surface area (Å²) in [6.45, 7) is 6.20. The Hall–Kier alpha value is -2.02. The second-order valence-corrected chi connectivity index (χ2v) is 6.97. The SMILES string of the molecule is Cc1cnc(N(C)C2CCN(Cc3nnc4n3CCC4)CC2)nc1. The van der Waals surface area contributed by atoms with Gasteiger partial charge in [0.25, 0.3) is 0 Å². The number of hydrogen-bond donors (Lipinski definition) is 0. The summed E-state index contributed by atoms with van der Waals surface area (Å²) in [4.78, 5) is 13.6. The molecule has 128 valence electrons. The van der Waals surface area contributed by atoms with E-state index >= 15 is 0 Å². The molecule has 2 aliphatic heterocycles. The van der Waals surface area contributed by atoms with Crippen LogP contribution in [-0.4, -0.2) is 55.8 Å². The standard InChI is InChI=1S/C17H25N7/c1-13-10-18-17(19-11-13)22(2)14-5-8-23(9-6-14)12-16-21-20-15-4-3-7-24(15)16/h10-11,14H,3-9,12H2,1-2H3. The summed E-state index contributed by atoms with van der Waals surface area (Å²) in [7, 11) is 2.11. The van der Waals surface area contributed by atoms with Gasteiger partial charge in [-0.15, -0.1) is 10.2 Å². The normalized spacial score (nSPS) is 18.8. The van der Waals surface area contributed by atoms with E-state index in [2.05, 4.69) is 41.6 Å². The van der Waals surface area contributed by atoms with Crippen molar-refractivity contribution in [3.8, 4) is 0 Å². The lowest BCUT2D eigenvalue weighted by Gasteiger charge is -2.36. The molecule has 7 nitrogen and oxygen atoms in total. The Kier molecular flexibility index (Phi) is 4.18. The second-order valence-electron chi connectivity index (χ2n) is 6.97. The molecule has 7 heteroatoms. The van der Waals surface area contributed by atoms with Crippen molar-refractivity contribution in [3.63, 3.8) is 0 Å². The maximum Gasteiger partial charge on any atom is 0.225 e. The molecule has 0 aromatic carbocycles. The molecule has 0 amide bonds. The Bertz CT molecular complexity index is 685. The van der Waals surface area contributed by atoms with Gasteiger partial charge in [0.15, 0.2) is 0 Å². The highest BCUT2D eigenvalue weighted by atomic mass is 15.3. The first-order valence-corrected chi connectivity index (χ1v) is 8.85. The predicted molar refractivity (Wildman–Crippen MR) is 91.8 cm³/mol. The molecule has 4 heterocycles. The van der Waals surface area contributed by atoms with E-state index in [-0.39, 0.29) is 0 Å². The predicted octanol–water partition coefficient (Wildman–Crippen LogP) is 1.42. The van der Waals surface area contributed by atoms with Crippen LogP contribution in [0, 0.1) is 6.92 Å². The smallest absolute Gasteiger partial charge is 0.225 e. The molecule has 1 saturated heterocycles. The molecule has 2 aliphatic rings. The highest BCUT2D eigenvalue weighted by Crippen LogP contribution is 2.21. The highest BCUT2D eigenvalue weighted by Gasteiger charge is 2.26. The van der Waals surface area contributed by atoms with Crippen LogP contribution in [0.1, 0.15) is 36.5 Å². The van der Waals surface area contributed by atoms with Crippen molar-refractivity contribution in [2.24, 2.45) is 0 Å². The van der Waals surface area contributed by atoms with Crippen molar-refractivity contribution in [3.05, 3.63) is 29.6 Å². The van der Waals surface area contributed by atoms with Crippen molar-refractivity contribution < 1.29 is 0 Å². The number of likely N-dealkylation sites (tertiary alicyclic amines) is 1. The van der Waals surface area contributed by atoms with Gasteiger partial charge in [-0.1, -0.05) is 0 Å². The largest absolute Gasteiger partial charge is 0.341 e. The minimum Gasteiger partial charge on any atom is -0.341 e. The molecule has 0 bridgehead atoms. The van der Waals surface area contributed by atoms with E-state index in [0.717, 1.165) is 68.6 Å². The first kappa shape index (κ1) is 15.5. The summed E-state index contributed by atoms with van der Waals surface area (Å²) in [5, 5.41) is 8.70. The van der Waals surface area contributed by atoms with Crippen LogP contribution < -0.4 is 4.90 Å². The van der Waals surface area contributed by atoms with Gasteiger partial charge < -0.3 is 9.47 Å². The average molecular weight is 327 g/mol. The lowest BCUT2D eigenvalue weighted by atomic mass is 10.0. The number of piperidine rings is 1. The summed E-state index contributed by atoms with van der Waals surface area (Å²) in [5.41, 5.74) is 1.10. The zero-order valence-corrected chi connectivity index (χ0v) is 14.5. The monoisotopic (exact) mass is 327 g/mol. The fourth-order valence-electron chi connectivity index (χ4n) is 3.72. The molecular formula is C17H25N7. The number of hydrogen-bond acceptors (Lipinski definition) is 6.